The van der Waals surface area contributed by atoms with Gasteiger partial charge in [-0.2, -0.15) is 0 Å². The fourth-order valence-electron chi connectivity index (χ4n) is 3.65. The summed E-state index contributed by atoms with van der Waals surface area (Å²) in [7, 11) is -2.80. The maximum atomic E-state index is 14.5. The van der Waals surface area contributed by atoms with E-state index in [0.29, 0.717) is 0 Å². The zero-order valence-corrected chi connectivity index (χ0v) is 17.2. The maximum Gasteiger partial charge on any atom is 0.176 e. The molecule has 1 aliphatic heterocycles. The van der Waals surface area contributed by atoms with Crippen LogP contribution < -0.4 is 10.6 Å². The predicted octanol–water partition coefficient (Wildman–Crippen LogP) is 6.26. The fourth-order valence-corrected chi connectivity index (χ4v) is 8.50. The molecular formula is C22H23O2PS. The molecule has 1 atom stereocenters. The van der Waals surface area contributed by atoms with Crippen LogP contribution in [0.5, 0.6) is 0 Å². The van der Waals surface area contributed by atoms with Gasteiger partial charge in [-0.25, -0.2) is 0 Å². The number of fused-ring (bicyclic) bond motifs is 2. The molecule has 2 nitrogen and oxygen atoms in total. The van der Waals surface area contributed by atoms with Crippen molar-refractivity contribution in [3.8, 4) is 11.1 Å². The van der Waals surface area contributed by atoms with Gasteiger partial charge in [0, 0.05) is 27.3 Å². The topological polar surface area (TPSA) is 30.2 Å². The molecule has 134 valence electrons. The number of hydrogen-bond donors (Lipinski definition) is 0. The Bertz CT molecular complexity index is 1000. The van der Waals surface area contributed by atoms with Crippen molar-refractivity contribution in [2.75, 3.05) is 0 Å². The Morgan fingerprint density at radius 1 is 0.923 bits per heavy atom. The van der Waals surface area contributed by atoms with Crippen LogP contribution in [0.2, 0.25) is 0 Å². The smallest absolute Gasteiger partial charge is 0.176 e. The van der Waals surface area contributed by atoms with Crippen LogP contribution >= 0.6 is 18.9 Å². The average Bonchev–Trinajstić information content (AvgIpc) is 3.03. The van der Waals surface area contributed by atoms with Gasteiger partial charge in [-0.05, 0) is 11.6 Å². The predicted molar refractivity (Wildman–Crippen MR) is 111 cm³/mol. The fraction of sp³-hybridized carbons (Fsp3) is 0.273. The van der Waals surface area contributed by atoms with Crippen LogP contribution in [0.1, 0.15) is 39.4 Å². The first-order valence-corrected chi connectivity index (χ1v) is 11.6. The molecule has 1 unspecified atom stereocenters. The average molecular weight is 382 g/mol. The Balaban J connectivity index is 2.10. The van der Waals surface area contributed by atoms with E-state index in [9.17, 15) is 4.57 Å². The maximum absolute atomic E-state index is 14.5. The van der Waals surface area contributed by atoms with E-state index in [-0.39, 0.29) is 11.6 Å². The molecule has 0 saturated carbocycles. The van der Waals surface area contributed by atoms with E-state index < -0.39 is 7.14 Å². The van der Waals surface area contributed by atoms with Crippen molar-refractivity contribution < 1.29 is 8.98 Å². The molecule has 1 aliphatic rings. The van der Waals surface area contributed by atoms with Crippen molar-refractivity contribution >= 4 is 29.5 Å². The Hall–Kier alpha value is -1.70. The second-order valence-corrected chi connectivity index (χ2v) is 11.6. The zero-order chi connectivity index (χ0) is 18.5. The Morgan fingerprint density at radius 2 is 1.58 bits per heavy atom. The van der Waals surface area contributed by atoms with E-state index in [1.54, 1.807) is 11.8 Å². The molecule has 26 heavy (non-hydrogen) atoms. The highest BCUT2D eigenvalue weighted by atomic mass is 32.2. The summed E-state index contributed by atoms with van der Waals surface area (Å²) in [5, 5.41) is 2.70. The molecule has 2 heterocycles. The first-order valence-electron chi connectivity index (χ1n) is 9.04. The molecule has 2 aromatic carbocycles. The van der Waals surface area contributed by atoms with Gasteiger partial charge in [0.05, 0.1) is 5.30 Å². The SMILES string of the molecule is CC(C)c1oc2c(c1-c1ccccc1)P(=O)(C(C)C)c1ccccc1S2. The molecule has 0 saturated heterocycles. The van der Waals surface area contributed by atoms with Crippen molar-refractivity contribution in [3.63, 3.8) is 0 Å². The lowest BCUT2D eigenvalue weighted by molar-refractivity contribution is 0.419. The van der Waals surface area contributed by atoms with E-state index in [4.69, 9.17) is 4.42 Å². The van der Waals surface area contributed by atoms with Crippen molar-refractivity contribution in [1.82, 2.24) is 0 Å². The minimum Gasteiger partial charge on any atom is -0.453 e. The molecule has 3 aromatic rings. The Morgan fingerprint density at radius 3 is 2.23 bits per heavy atom. The number of benzene rings is 2. The van der Waals surface area contributed by atoms with Crippen molar-refractivity contribution in [2.45, 2.75) is 49.3 Å². The van der Waals surface area contributed by atoms with E-state index >= 15 is 0 Å². The van der Waals surface area contributed by atoms with E-state index in [2.05, 4.69) is 45.9 Å². The lowest BCUT2D eigenvalue weighted by Crippen LogP contribution is -2.28. The van der Waals surface area contributed by atoms with Crippen LogP contribution in [-0.4, -0.2) is 5.66 Å². The molecule has 1 aromatic heterocycles. The summed E-state index contributed by atoms with van der Waals surface area (Å²) in [6.07, 6.45) is 0. The lowest BCUT2D eigenvalue weighted by atomic mass is 10.0. The van der Waals surface area contributed by atoms with Crippen LogP contribution in [0.4, 0.5) is 0 Å². The number of hydrogen-bond acceptors (Lipinski definition) is 3. The van der Waals surface area contributed by atoms with Crippen molar-refractivity contribution in [1.29, 1.82) is 0 Å². The quantitative estimate of drug-likeness (QED) is 0.501. The number of rotatable bonds is 3. The molecule has 4 heteroatoms. The zero-order valence-electron chi connectivity index (χ0n) is 15.5. The molecule has 4 rings (SSSR count). The normalized spacial score (nSPS) is 18.8. The van der Waals surface area contributed by atoms with Gasteiger partial charge in [0.1, 0.15) is 5.76 Å². The van der Waals surface area contributed by atoms with E-state index in [1.807, 2.05) is 36.4 Å². The highest BCUT2D eigenvalue weighted by Gasteiger charge is 2.44. The van der Waals surface area contributed by atoms with Crippen LogP contribution in [0.3, 0.4) is 0 Å². The minimum atomic E-state index is -2.80. The van der Waals surface area contributed by atoms with Crippen LogP contribution in [0, 0.1) is 0 Å². The highest BCUT2D eigenvalue weighted by Crippen LogP contribution is 2.59. The summed E-state index contributed by atoms with van der Waals surface area (Å²) < 4.78 is 20.9. The van der Waals surface area contributed by atoms with E-state index in [0.717, 1.165) is 37.5 Å². The standard InChI is InChI=1S/C22H23O2PS/c1-14(2)20-19(16-10-6-5-7-11-16)21-22(24-20)26-18-13-9-8-12-17(18)25(21,23)15(3)4/h5-15H,1-4H3. The monoisotopic (exact) mass is 382 g/mol. The van der Waals surface area contributed by atoms with Gasteiger partial charge in [-0.15, -0.1) is 0 Å². The van der Waals surface area contributed by atoms with Crippen molar-refractivity contribution in [3.05, 3.63) is 60.4 Å². The molecule has 0 bridgehead atoms. The first kappa shape index (κ1) is 17.7. The summed E-state index contributed by atoms with van der Waals surface area (Å²) in [6, 6.07) is 18.3. The van der Waals surface area contributed by atoms with Gasteiger partial charge in [-0.3, -0.25) is 0 Å². The lowest BCUT2D eigenvalue weighted by Gasteiger charge is -2.29. The summed E-state index contributed by atoms with van der Waals surface area (Å²) in [5.74, 6) is 1.16. The van der Waals surface area contributed by atoms with Crippen LogP contribution in [-0.2, 0) is 4.57 Å². The second kappa shape index (κ2) is 6.48. The third-order valence-corrected chi connectivity index (χ3v) is 9.95. The van der Waals surface area contributed by atoms with E-state index in [1.165, 1.54) is 0 Å². The highest BCUT2D eigenvalue weighted by molar-refractivity contribution is 8.02. The summed E-state index contributed by atoms with van der Waals surface area (Å²) in [6.45, 7) is 8.39. The van der Waals surface area contributed by atoms with Gasteiger partial charge in [0.15, 0.2) is 12.2 Å². The molecule has 0 aliphatic carbocycles. The first-order chi connectivity index (χ1) is 12.4. The molecule has 0 radical (unpaired) electrons. The third-order valence-electron chi connectivity index (χ3n) is 4.95. The Labute approximate surface area is 159 Å². The van der Waals surface area contributed by atoms with Gasteiger partial charge in [0.25, 0.3) is 0 Å². The van der Waals surface area contributed by atoms with Gasteiger partial charge in [-0.1, -0.05) is 88.0 Å². The molecule has 0 fully saturated rings. The third kappa shape index (κ3) is 2.52. The minimum absolute atomic E-state index is 0.0170. The van der Waals surface area contributed by atoms with Crippen molar-refractivity contribution in [2.24, 2.45) is 0 Å². The summed E-state index contributed by atoms with van der Waals surface area (Å²) in [4.78, 5) is 1.06. The van der Waals surface area contributed by atoms with Crippen LogP contribution in [0.25, 0.3) is 11.1 Å². The Kier molecular flexibility index (Phi) is 4.41. The second-order valence-electron chi connectivity index (χ2n) is 7.32. The largest absolute Gasteiger partial charge is 0.453 e. The number of furan rings is 1. The molecule has 0 spiro atoms. The van der Waals surface area contributed by atoms with Crippen LogP contribution in [0.15, 0.2) is 69.0 Å². The van der Waals surface area contributed by atoms with Gasteiger partial charge >= 0.3 is 0 Å². The molecule has 0 amide bonds. The van der Waals surface area contributed by atoms with Gasteiger partial charge in [0.2, 0.25) is 0 Å². The molecular weight excluding hydrogens is 359 g/mol. The van der Waals surface area contributed by atoms with Gasteiger partial charge < -0.3 is 8.98 Å². The summed E-state index contributed by atoms with van der Waals surface area (Å²) >= 11 is 1.61. The molecule has 0 N–H and O–H groups in total. The summed E-state index contributed by atoms with van der Waals surface area (Å²) in [5.41, 5.74) is 2.14.